The standard InChI is InChI=1S/C23H28N2O5/c26-19(18-10-8-17(9-11-18)16-6-2-1-3-7-16)15-30-20(27)14-25-21(28)23(24-22(25)29)12-4-5-13-23/h8-11,16H,1-7,12-15H2,(H,24,29). The van der Waals surface area contributed by atoms with E-state index in [2.05, 4.69) is 5.32 Å². The highest BCUT2D eigenvalue weighted by molar-refractivity contribution is 6.09. The van der Waals surface area contributed by atoms with E-state index in [1.807, 2.05) is 12.1 Å². The SMILES string of the molecule is O=C(CN1C(=O)NC2(CCCC2)C1=O)OCC(=O)c1ccc(C2CCCCC2)cc1. The summed E-state index contributed by atoms with van der Waals surface area (Å²) < 4.78 is 5.05. The van der Waals surface area contributed by atoms with Crippen molar-refractivity contribution in [3.8, 4) is 0 Å². The lowest BCUT2D eigenvalue weighted by molar-refractivity contribution is -0.146. The van der Waals surface area contributed by atoms with Gasteiger partial charge in [0.05, 0.1) is 0 Å². The first kappa shape index (κ1) is 20.6. The fraction of sp³-hybridized carbons (Fsp3) is 0.565. The highest BCUT2D eigenvalue weighted by Gasteiger charge is 2.52. The molecule has 0 unspecified atom stereocenters. The van der Waals surface area contributed by atoms with Crippen molar-refractivity contribution in [2.24, 2.45) is 0 Å². The van der Waals surface area contributed by atoms with E-state index in [9.17, 15) is 19.2 Å². The fourth-order valence-electron chi connectivity index (χ4n) is 4.92. The van der Waals surface area contributed by atoms with Crippen molar-refractivity contribution in [1.29, 1.82) is 0 Å². The molecule has 2 saturated carbocycles. The molecule has 1 spiro atoms. The summed E-state index contributed by atoms with van der Waals surface area (Å²) >= 11 is 0. The molecule has 3 aliphatic rings. The molecule has 2 aliphatic carbocycles. The molecule has 1 heterocycles. The second kappa shape index (κ2) is 8.58. The molecule has 1 saturated heterocycles. The summed E-state index contributed by atoms with van der Waals surface area (Å²) in [5.41, 5.74) is 0.887. The summed E-state index contributed by atoms with van der Waals surface area (Å²) in [5, 5.41) is 2.72. The van der Waals surface area contributed by atoms with Gasteiger partial charge in [-0.05, 0) is 37.2 Å². The van der Waals surface area contributed by atoms with E-state index in [-0.39, 0.29) is 11.7 Å². The van der Waals surface area contributed by atoms with Crippen molar-refractivity contribution in [3.63, 3.8) is 0 Å². The van der Waals surface area contributed by atoms with Gasteiger partial charge in [-0.25, -0.2) is 4.79 Å². The van der Waals surface area contributed by atoms with E-state index in [4.69, 9.17) is 4.74 Å². The molecule has 0 radical (unpaired) electrons. The van der Waals surface area contributed by atoms with E-state index in [0.717, 1.165) is 17.7 Å². The molecule has 1 aromatic rings. The Morgan fingerprint density at radius 3 is 2.33 bits per heavy atom. The third kappa shape index (κ3) is 4.11. The van der Waals surface area contributed by atoms with Crippen LogP contribution in [0.4, 0.5) is 4.79 Å². The maximum absolute atomic E-state index is 12.6. The molecule has 7 heteroatoms. The molecule has 0 atom stereocenters. The molecule has 4 rings (SSSR count). The Balaban J connectivity index is 1.28. The molecule has 1 aromatic carbocycles. The molecule has 30 heavy (non-hydrogen) atoms. The predicted molar refractivity (Wildman–Crippen MR) is 109 cm³/mol. The van der Waals surface area contributed by atoms with E-state index < -0.39 is 30.7 Å². The summed E-state index contributed by atoms with van der Waals surface area (Å²) in [6.07, 6.45) is 9.11. The molecule has 3 fully saturated rings. The Kier molecular flexibility index (Phi) is 5.88. The highest BCUT2D eigenvalue weighted by atomic mass is 16.5. The Hall–Kier alpha value is -2.70. The van der Waals surface area contributed by atoms with E-state index >= 15 is 0 Å². The van der Waals surface area contributed by atoms with Gasteiger partial charge in [0.2, 0.25) is 0 Å². The lowest BCUT2D eigenvalue weighted by Crippen LogP contribution is -2.44. The topological polar surface area (TPSA) is 92.8 Å². The smallest absolute Gasteiger partial charge is 0.326 e. The van der Waals surface area contributed by atoms with Gasteiger partial charge in [-0.1, -0.05) is 56.4 Å². The molecule has 1 N–H and O–H groups in total. The van der Waals surface area contributed by atoms with Crippen LogP contribution in [0.15, 0.2) is 24.3 Å². The predicted octanol–water partition coefficient (Wildman–Crippen LogP) is 3.32. The number of hydrogen-bond donors (Lipinski definition) is 1. The largest absolute Gasteiger partial charge is 0.456 e. The van der Waals surface area contributed by atoms with Crippen molar-refractivity contribution < 1.29 is 23.9 Å². The maximum atomic E-state index is 12.6. The monoisotopic (exact) mass is 412 g/mol. The summed E-state index contributed by atoms with van der Waals surface area (Å²) in [4.78, 5) is 50.1. The zero-order chi connectivity index (χ0) is 21.1. The normalized spacial score (nSPS) is 21.1. The van der Waals surface area contributed by atoms with Gasteiger partial charge in [0, 0.05) is 5.56 Å². The van der Waals surface area contributed by atoms with E-state index in [0.29, 0.717) is 24.3 Å². The van der Waals surface area contributed by atoms with Gasteiger partial charge in [0.15, 0.2) is 12.4 Å². The number of carbonyl (C=O) groups is 4. The molecule has 160 valence electrons. The molecule has 1 aliphatic heterocycles. The number of Topliss-reactive ketones (excluding diaryl/α,β-unsaturated/α-hetero) is 1. The Morgan fingerprint density at radius 1 is 1.00 bits per heavy atom. The zero-order valence-electron chi connectivity index (χ0n) is 17.2. The number of urea groups is 1. The van der Waals surface area contributed by atoms with Gasteiger partial charge in [0.25, 0.3) is 5.91 Å². The van der Waals surface area contributed by atoms with Crippen LogP contribution in [-0.4, -0.2) is 47.3 Å². The second-order valence-electron chi connectivity index (χ2n) is 8.65. The zero-order valence-corrected chi connectivity index (χ0v) is 17.2. The molecule has 7 nitrogen and oxygen atoms in total. The number of esters is 1. The number of imide groups is 1. The van der Waals surface area contributed by atoms with Crippen LogP contribution in [0.1, 0.15) is 79.6 Å². The number of carbonyl (C=O) groups excluding carboxylic acids is 4. The van der Waals surface area contributed by atoms with Crippen LogP contribution in [0.3, 0.4) is 0 Å². The maximum Gasteiger partial charge on any atom is 0.326 e. The minimum Gasteiger partial charge on any atom is -0.456 e. The van der Waals surface area contributed by atoms with Crippen LogP contribution in [0.5, 0.6) is 0 Å². The number of nitrogens with zero attached hydrogens (tertiary/aromatic N) is 1. The molecular weight excluding hydrogens is 384 g/mol. The fourth-order valence-corrected chi connectivity index (χ4v) is 4.92. The molecule has 3 amide bonds. The summed E-state index contributed by atoms with van der Waals surface area (Å²) in [6.45, 7) is -0.878. The third-order valence-electron chi connectivity index (χ3n) is 6.66. The van der Waals surface area contributed by atoms with Crippen molar-refractivity contribution >= 4 is 23.7 Å². The first-order valence-corrected chi connectivity index (χ1v) is 10.9. The summed E-state index contributed by atoms with van der Waals surface area (Å²) in [7, 11) is 0. The summed E-state index contributed by atoms with van der Waals surface area (Å²) in [6, 6.07) is 6.96. The average Bonchev–Trinajstić information content (AvgIpc) is 3.33. The number of benzene rings is 1. The summed E-state index contributed by atoms with van der Waals surface area (Å²) in [5.74, 6) is -0.872. The van der Waals surface area contributed by atoms with Crippen LogP contribution in [-0.2, 0) is 14.3 Å². The van der Waals surface area contributed by atoms with Crippen LogP contribution >= 0.6 is 0 Å². The van der Waals surface area contributed by atoms with Gasteiger partial charge in [-0.15, -0.1) is 0 Å². The average molecular weight is 412 g/mol. The van der Waals surface area contributed by atoms with Crippen molar-refractivity contribution in [2.75, 3.05) is 13.2 Å². The highest BCUT2D eigenvalue weighted by Crippen LogP contribution is 2.35. The molecule has 0 aromatic heterocycles. The van der Waals surface area contributed by atoms with Crippen LogP contribution < -0.4 is 5.32 Å². The number of amides is 3. The molecule has 0 bridgehead atoms. The molecular formula is C23H28N2O5. The number of ether oxygens (including phenoxy) is 1. The third-order valence-corrected chi connectivity index (χ3v) is 6.66. The van der Waals surface area contributed by atoms with E-state index in [1.54, 1.807) is 12.1 Å². The minimum atomic E-state index is -0.854. The Morgan fingerprint density at radius 2 is 1.67 bits per heavy atom. The van der Waals surface area contributed by atoms with Crippen LogP contribution in [0, 0.1) is 0 Å². The number of ketones is 1. The number of nitrogens with one attached hydrogen (secondary N) is 1. The Labute approximate surface area is 176 Å². The van der Waals surface area contributed by atoms with Gasteiger partial charge in [-0.2, -0.15) is 0 Å². The minimum absolute atomic E-state index is 0.303. The first-order valence-electron chi connectivity index (χ1n) is 10.9. The quantitative estimate of drug-likeness (QED) is 0.440. The van der Waals surface area contributed by atoms with Gasteiger partial charge in [-0.3, -0.25) is 19.3 Å². The number of hydrogen-bond acceptors (Lipinski definition) is 5. The van der Waals surface area contributed by atoms with Crippen molar-refractivity contribution in [1.82, 2.24) is 10.2 Å². The Bertz CT molecular complexity index is 836. The van der Waals surface area contributed by atoms with Crippen LogP contribution in [0.2, 0.25) is 0 Å². The number of rotatable bonds is 6. The first-order chi connectivity index (χ1) is 14.5. The van der Waals surface area contributed by atoms with Gasteiger partial charge in [0.1, 0.15) is 12.1 Å². The second-order valence-corrected chi connectivity index (χ2v) is 8.65. The van der Waals surface area contributed by atoms with Gasteiger partial charge < -0.3 is 10.1 Å². The van der Waals surface area contributed by atoms with E-state index in [1.165, 1.54) is 37.7 Å². The van der Waals surface area contributed by atoms with Crippen molar-refractivity contribution in [2.45, 2.75) is 69.2 Å². The lowest BCUT2D eigenvalue weighted by atomic mass is 9.84. The van der Waals surface area contributed by atoms with Crippen LogP contribution in [0.25, 0.3) is 0 Å². The van der Waals surface area contributed by atoms with Gasteiger partial charge >= 0.3 is 12.0 Å². The van der Waals surface area contributed by atoms with Crippen molar-refractivity contribution in [3.05, 3.63) is 35.4 Å². The lowest BCUT2D eigenvalue weighted by Gasteiger charge is -2.22.